The van der Waals surface area contributed by atoms with Gasteiger partial charge >= 0.3 is 0 Å². The number of methoxy groups -OCH3 is 2. The number of thiocarbonyl (C=S) groups is 1. The van der Waals surface area contributed by atoms with Gasteiger partial charge in [0, 0.05) is 31.7 Å². The number of carbonyl (C=O) groups excluding carboxylic acids is 1. The van der Waals surface area contributed by atoms with Gasteiger partial charge in [-0.05, 0) is 80.3 Å². The number of rotatable bonds is 10. The van der Waals surface area contributed by atoms with Crippen molar-refractivity contribution in [3.05, 3.63) is 91.6 Å². The van der Waals surface area contributed by atoms with Gasteiger partial charge in [-0.3, -0.25) is 19.1 Å². The SMILES string of the molecule is CCn1c(N2CCC(Cc3ccccc3)CC2)c(C=C2SC(=S)N(CCc3ccc(OC)c(OC)c3)C2=O)c(C)c(C#N)c1=O. The van der Waals surface area contributed by atoms with E-state index in [1.165, 1.54) is 17.3 Å². The molecule has 10 heteroatoms. The third-order valence-electron chi connectivity index (χ3n) is 8.66. The average Bonchev–Trinajstić information content (AvgIpc) is 3.33. The van der Waals surface area contributed by atoms with E-state index in [1.807, 2.05) is 37.3 Å². The number of thioether (sulfide) groups is 1. The summed E-state index contributed by atoms with van der Waals surface area (Å²) in [6.07, 6.45) is 5.43. The van der Waals surface area contributed by atoms with Crippen LogP contribution in [0.4, 0.5) is 5.82 Å². The molecule has 45 heavy (non-hydrogen) atoms. The highest BCUT2D eigenvalue weighted by atomic mass is 32.2. The molecular formula is C35H38N4O4S2. The second-order valence-electron chi connectivity index (χ2n) is 11.3. The van der Waals surface area contributed by atoms with Crippen molar-refractivity contribution in [3.63, 3.8) is 0 Å². The third-order valence-corrected chi connectivity index (χ3v) is 10.0. The van der Waals surface area contributed by atoms with Crippen LogP contribution in [0, 0.1) is 24.2 Å². The molecule has 2 saturated heterocycles. The maximum Gasteiger partial charge on any atom is 0.270 e. The van der Waals surface area contributed by atoms with Gasteiger partial charge in [0.05, 0.1) is 19.1 Å². The number of aromatic nitrogens is 1. The first-order valence-electron chi connectivity index (χ1n) is 15.2. The van der Waals surface area contributed by atoms with Gasteiger partial charge in [-0.25, -0.2) is 0 Å². The second kappa shape index (κ2) is 14.4. The third kappa shape index (κ3) is 6.80. The second-order valence-corrected chi connectivity index (χ2v) is 13.0. The first-order valence-corrected chi connectivity index (χ1v) is 16.4. The molecule has 3 aromatic rings. The van der Waals surface area contributed by atoms with Gasteiger partial charge in [0.15, 0.2) is 11.5 Å². The van der Waals surface area contributed by atoms with Crippen LogP contribution in [0.2, 0.25) is 0 Å². The Morgan fingerprint density at radius 2 is 1.76 bits per heavy atom. The Labute approximate surface area is 274 Å². The van der Waals surface area contributed by atoms with Crippen LogP contribution in [0.25, 0.3) is 6.08 Å². The highest BCUT2D eigenvalue weighted by Gasteiger charge is 2.33. The molecule has 0 bridgehead atoms. The molecule has 0 spiro atoms. The fourth-order valence-electron chi connectivity index (χ4n) is 6.18. The van der Waals surface area contributed by atoms with Gasteiger partial charge in [0.2, 0.25) is 0 Å². The molecule has 0 radical (unpaired) electrons. The summed E-state index contributed by atoms with van der Waals surface area (Å²) in [5.41, 5.74) is 3.46. The molecule has 5 rings (SSSR count). The highest BCUT2D eigenvalue weighted by Crippen LogP contribution is 2.37. The van der Waals surface area contributed by atoms with Crippen molar-refractivity contribution in [2.24, 2.45) is 5.92 Å². The monoisotopic (exact) mass is 642 g/mol. The number of benzene rings is 2. The standard InChI is InChI=1S/C35H38N4O4S2/c1-5-38-32(37-16-13-26(14-17-37)19-24-9-7-6-8-10-24)27(23(2)28(22-36)33(38)40)21-31-34(41)39(35(44)45-31)18-15-25-11-12-29(42-3)30(20-25)43-4/h6-12,20-21,26H,5,13-19H2,1-4H3. The quantitative estimate of drug-likeness (QED) is 0.198. The lowest BCUT2D eigenvalue weighted by Gasteiger charge is -2.36. The van der Waals surface area contributed by atoms with Crippen molar-refractivity contribution in [2.75, 3.05) is 38.8 Å². The number of piperidine rings is 1. The molecule has 0 saturated carbocycles. The first kappa shape index (κ1) is 32.3. The van der Waals surface area contributed by atoms with E-state index in [-0.39, 0.29) is 17.0 Å². The van der Waals surface area contributed by atoms with Crippen molar-refractivity contribution in [2.45, 2.75) is 46.1 Å². The smallest absolute Gasteiger partial charge is 0.270 e. The maximum atomic E-state index is 13.7. The molecule has 2 aliphatic rings. The maximum absolute atomic E-state index is 13.7. The summed E-state index contributed by atoms with van der Waals surface area (Å²) in [6, 6.07) is 18.4. The molecule has 2 aromatic carbocycles. The van der Waals surface area contributed by atoms with E-state index in [2.05, 4.69) is 35.2 Å². The number of amides is 1. The van der Waals surface area contributed by atoms with Crippen LogP contribution >= 0.6 is 24.0 Å². The predicted octanol–water partition coefficient (Wildman–Crippen LogP) is 5.97. The molecule has 0 N–H and O–H groups in total. The van der Waals surface area contributed by atoms with E-state index in [9.17, 15) is 14.9 Å². The van der Waals surface area contributed by atoms with Crippen LogP contribution in [0.1, 0.15) is 47.6 Å². The van der Waals surface area contributed by atoms with Crippen LogP contribution in [-0.2, 0) is 24.2 Å². The summed E-state index contributed by atoms with van der Waals surface area (Å²) in [7, 11) is 3.19. The Balaban J connectivity index is 1.42. The predicted molar refractivity (Wildman–Crippen MR) is 184 cm³/mol. The number of nitrogens with zero attached hydrogens (tertiary/aromatic N) is 4. The van der Waals surface area contributed by atoms with Crippen LogP contribution in [0.3, 0.4) is 0 Å². The molecule has 1 aromatic heterocycles. The van der Waals surface area contributed by atoms with Crippen molar-refractivity contribution in [3.8, 4) is 17.6 Å². The van der Waals surface area contributed by atoms with Crippen LogP contribution < -0.4 is 19.9 Å². The van der Waals surface area contributed by atoms with E-state index < -0.39 is 0 Å². The van der Waals surface area contributed by atoms with Crippen molar-refractivity contribution in [1.29, 1.82) is 5.26 Å². The van der Waals surface area contributed by atoms with Crippen molar-refractivity contribution >= 4 is 46.1 Å². The number of hydrogen-bond acceptors (Lipinski definition) is 8. The van der Waals surface area contributed by atoms with Gasteiger partial charge in [0.1, 0.15) is 21.8 Å². The minimum atomic E-state index is -0.293. The minimum Gasteiger partial charge on any atom is -0.493 e. The fraction of sp³-hybridized carbons (Fsp3) is 0.371. The normalized spacial score (nSPS) is 16.4. The van der Waals surface area contributed by atoms with Crippen molar-refractivity contribution in [1.82, 2.24) is 9.47 Å². The van der Waals surface area contributed by atoms with E-state index in [0.717, 1.165) is 49.3 Å². The van der Waals surface area contributed by atoms with E-state index in [1.54, 1.807) is 30.6 Å². The van der Waals surface area contributed by atoms with Gasteiger partial charge in [-0.15, -0.1) is 0 Å². The number of carbonyl (C=O) groups is 1. The molecule has 0 aliphatic carbocycles. The molecule has 8 nitrogen and oxygen atoms in total. The highest BCUT2D eigenvalue weighted by molar-refractivity contribution is 8.26. The summed E-state index contributed by atoms with van der Waals surface area (Å²) >= 11 is 6.91. The Hall–Kier alpha value is -4.07. The largest absolute Gasteiger partial charge is 0.493 e. The van der Waals surface area contributed by atoms with Gasteiger partial charge in [0.25, 0.3) is 11.5 Å². The molecule has 0 unspecified atom stereocenters. The first-order chi connectivity index (χ1) is 21.8. The van der Waals surface area contributed by atoms with E-state index in [0.29, 0.717) is 51.7 Å². The lowest BCUT2D eigenvalue weighted by Crippen LogP contribution is -2.39. The van der Waals surface area contributed by atoms with E-state index >= 15 is 0 Å². The number of nitriles is 1. The molecule has 0 atom stereocenters. The Morgan fingerprint density at radius 3 is 2.40 bits per heavy atom. The summed E-state index contributed by atoms with van der Waals surface area (Å²) in [4.78, 5) is 31.5. The fourth-order valence-corrected chi connectivity index (χ4v) is 7.47. The Bertz CT molecular complexity index is 1720. The zero-order valence-electron chi connectivity index (χ0n) is 26.2. The Morgan fingerprint density at radius 1 is 1.04 bits per heavy atom. The van der Waals surface area contributed by atoms with E-state index in [4.69, 9.17) is 21.7 Å². The van der Waals surface area contributed by atoms with Crippen LogP contribution in [0.15, 0.2) is 58.2 Å². The molecule has 234 valence electrons. The number of pyridine rings is 1. The molecule has 2 fully saturated rings. The lowest BCUT2D eigenvalue weighted by molar-refractivity contribution is -0.122. The number of ether oxygens (including phenoxy) is 2. The average molecular weight is 643 g/mol. The summed E-state index contributed by atoms with van der Waals surface area (Å²) < 4.78 is 12.9. The zero-order valence-corrected chi connectivity index (χ0v) is 27.8. The lowest BCUT2D eigenvalue weighted by atomic mass is 9.90. The van der Waals surface area contributed by atoms with Crippen LogP contribution in [0.5, 0.6) is 11.5 Å². The molecule has 3 heterocycles. The topological polar surface area (TPSA) is 87.8 Å². The summed E-state index contributed by atoms with van der Waals surface area (Å²) in [6.45, 7) is 6.12. The number of anilines is 1. The summed E-state index contributed by atoms with van der Waals surface area (Å²) in [5.74, 6) is 2.42. The van der Waals surface area contributed by atoms with Crippen LogP contribution in [-0.4, -0.2) is 53.5 Å². The van der Waals surface area contributed by atoms with Crippen molar-refractivity contribution < 1.29 is 14.3 Å². The summed E-state index contributed by atoms with van der Waals surface area (Å²) in [5, 5.41) is 9.95. The number of hydrogen-bond donors (Lipinski definition) is 0. The molecule has 1 amide bonds. The minimum absolute atomic E-state index is 0.106. The molecular weight excluding hydrogens is 605 g/mol. The Kier molecular flexibility index (Phi) is 10.3. The molecule has 2 aliphatic heterocycles. The zero-order chi connectivity index (χ0) is 32.1. The van der Waals surface area contributed by atoms with Gasteiger partial charge < -0.3 is 14.4 Å². The van der Waals surface area contributed by atoms with Gasteiger partial charge in [-0.1, -0.05) is 60.4 Å². The van der Waals surface area contributed by atoms with Gasteiger partial charge in [-0.2, -0.15) is 5.26 Å².